The van der Waals surface area contributed by atoms with Gasteiger partial charge in [0, 0.05) is 7.05 Å². The fraction of sp³-hybridized carbons (Fsp3) is 0.450. The largest absolute Gasteiger partial charge is 0.479 e. The summed E-state index contributed by atoms with van der Waals surface area (Å²) in [5.41, 5.74) is 2.01. The van der Waals surface area contributed by atoms with E-state index in [1.165, 1.54) is 4.90 Å². The highest BCUT2D eigenvalue weighted by atomic mass is 16.4. The van der Waals surface area contributed by atoms with E-state index in [9.17, 15) is 14.7 Å². The number of benzene rings is 1. The molecule has 0 saturated heterocycles. The zero-order valence-corrected chi connectivity index (χ0v) is 15.5. The van der Waals surface area contributed by atoms with E-state index in [0.717, 1.165) is 30.5 Å². The van der Waals surface area contributed by atoms with Gasteiger partial charge in [-0.1, -0.05) is 37.5 Å². The summed E-state index contributed by atoms with van der Waals surface area (Å²) < 4.78 is 1.74. The molecule has 0 bridgehead atoms. The summed E-state index contributed by atoms with van der Waals surface area (Å²) in [5, 5.41) is 14.2. The maximum absolute atomic E-state index is 13.1. The van der Waals surface area contributed by atoms with Gasteiger partial charge in [0.1, 0.15) is 5.54 Å². The zero-order chi connectivity index (χ0) is 18.9. The molecule has 26 heavy (non-hydrogen) atoms. The van der Waals surface area contributed by atoms with Crippen LogP contribution in [0.4, 0.5) is 0 Å². The van der Waals surface area contributed by atoms with Crippen LogP contribution in [0.5, 0.6) is 0 Å². The van der Waals surface area contributed by atoms with Crippen LogP contribution in [0.2, 0.25) is 0 Å². The molecule has 0 unspecified atom stereocenters. The second-order valence-corrected chi connectivity index (χ2v) is 7.10. The van der Waals surface area contributed by atoms with Gasteiger partial charge in [0.15, 0.2) is 0 Å². The molecule has 138 valence electrons. The molecule has 1 saturated carbocycles. The molecule has 1 heterocycles. The van der Waals surface area contributed by atoms with Crippen LogP contribution in [-0.2, 0) is 4.79 Å². The second kappa shape index (κ2) is 6.94. The van der Waals surface area contributed by atoms with E-state index in [0.29, 0.717) is 24.1 Å². The fourth-order valence-electron chi connectivity index (χ4n) is 3.87. The summed E-state index contributed by atoms with van der Waals surface area (Å²) in [5.74, 6) is -1.20. The number of hydrogen-bond acceptors (Lipinski definition) is 3. The first-order chi connectivity index (χ1) is 12.4. The summed E-state index contributed by atoms with van der Waals surface area (Å²) in [6.45, 7) is 3.83. The average molecular weight is 355 g/mol. The molecule has 1 aromatic heterocycles. The van der Waals surface area contributed by atoms with E-state index < -0.39 is 11.5 Å². The van der Waals surface area contributed by atoms with Gasteiger partial charge in [-0.2, -0.15) is 5.10 Å². The van der Waals surface area contributed by atoms with Crippen molar-refractivity contribution in [2.45, 2.75) is 51.5 Å². The Labute approximate surface area is 153 Å². The standard InChI is InChI=1S/C20H25N3O3/c1-14-9-5-6-10-17(14)23-15(2)16(13-21-23)18(24)22(3)20(19(25)26)11-7-4-8-12-20/h5-6,9-10,13H,4,7-8,11-12H2,1-3H3,(H,25,26). The zero-order valence-electron chi connectivity index (χ0n) is 15.5. The van der Waals surface area contributed by atoms with Gasteiger partial charge >= 0.3 is 5.97 Å². The van der Waals surface area contributed by atoms with Gasteiger partial charge in [-0.25, -0.2) is 9.48 Å². The van der Waals surface area contributed by atoms with Crippen molar-refractivity contribution in [1.29, 1.82) is 0 Å². The van der Waals surface area contributed by atoms with Crippen LogP contribution in [0, 0.1) is 13.8 Å². The average Bonchev–Trinajstić information content (AvgIpc) is 3.02. The third-order valence-corrected chi connectivity index (χ3v) is 5.61. The number of aromatic nitrogens is 2. The number of nitrogens with zero attached hydrogens (tertiary/aromatic N) is 3. The highest BCUT2D eigenvalue weighted by Gasteiger charge is 2.46. The van der Waals surface area contributed by atoms with E-state index in [1.54, 1.807) is 17.9 Å². The molecule has 2 aromatic rings. The van der Waals surface area contributed by atoms with E-state index in [-0.39, 0.29) is 5.91 Å². The molecule has 1 amide bonds. The van der Waals surface area contributed by atoms with E-state index in [2.05, 4.69) is 5.10 Å². The number of carboxylic acids is 1. The SMILES string of the molecule is Cc1ccccc1-n1ncc(C(=O)N(C)C2(C(=O)O)CCCCC2)c1C. The summed E-state index contributed by atoms with van der Waals surface area (Å²) in [6.07, 6.45) is 5.20. The molecule has 1 fully saturated rings. The first-order valence-electron chi connectivity index (χ1n) is 9.00. The van der Waals surface area contributed by atoms with Crippen molar-refractivity contribution in [3.05, 3.63) is 47.3 Å². The topological polar surface area (TPSA) is 75.4 Å². The minimum atomic E-state index is -1.12. The predicted octanol–water partition coefficient (Wildman–Crippen LogP) is 3.35. The highest BCUT2D eigenvalue weighted by Crippen LogP contribution is 2.34. The lowest BCUT2D eigenvalue weighted by molar-refractivity contribution is -0.151. The molecule has 0 aliphatic heterocycles. The number of carboxylic acid groups (broad SMARTS) is 1. The molecular weight excluding hydrogens is 330 g/mol. The van der Waals surface area contributed by atoms with Gasteiger partial charge in [0.2, 0.25) is 0 Å². The Morgan fingerprint density at radius 2 is 1.81 bits per heavy atom. The molecule has 0 radical (unpaired) electrons. The molecule has 0 spiro atoms. The molecular formula is C20H25N3O3. The minimum Gasteiger partial charge on any atom is -0.479 e. The Morgan fingerprint density at radius 3 is 2.42 bits per heavy atom. The van der Waals surface area contributed by atoms with Gasteiger partial charge < -0.3 is 10.0 Å². The van der Waals surface area contributed by atoms with Gasteiger partial charge in [0.05, 0.1) is 23.1 Å². The monoisotopic (exact) mass is 355 g/mol. The molecule has 6 nitrogen and oxygen atoms in total. The fourth-order valence-corrected chi connectivity index (χ4v) is 3.87. The van der Waals surface area contributed by atoms with Crippen molar-refractivity contribution in [3.8, 4) is 5.69 Å². The van der Waals surface area contributed by atoms with Crippen molar-refractivity contribution in [3.63, 3.8) is 0 Å². The first kappa shape index (κ1) is 18.2. The van der Waals surface area contributed by atoms with Crippen LogP contribution >= 0.6 is 0 Å². The van der Waals surface area contributed by atoms with Crippen molar-refractivity contribution in [2.75, 3.05) is 7.05 Å². The van der Waals surface area contributed by atoms with Gasteiger partial charge in [-0.3, -0.25) is 4.79 Å². The number of carbonyl (C=O) groups is 2. The highest BCUT2D eigenvalue weighted by molar-refractivity contribution is 5.98. The maximum atomic E-state index is 13.1. The van der Waals surface area contributed by atoms with Crippen molar-refractivity contribution < 1.29 is 14.7 Å². The molecule has 6 heteroatoms. The predicted molar refractivity (Wildman–Crippen MR) is 98.6 cm³/mol. The number of para-hydroxylation sites is 1. The van der Waals surface area contributed by atoms with Crippen LogP contribution in [0.3, 0.4) is 0 Å². The van der Waals surface area contributed by atoms with Gasteiger partial charge in [-0.15, -0.1) is 0 Å². The number of rotatable bonds is 4. The summed E-state index contributed by atoms with van der Waals surface area (Å²) in [7, 11) is 1.60. The number of hydrogen-bond donors (Lipinski definition) is 1. The van der Waals surface area contributed by atoms with Crippen LogP contribution in [-0.4, -0.2) is 44.3 Å². The minimum absolute atomic E-state index is 0.286. The van der Waals surface area contributed by atoms with Crippen molar-refractivity contribution in [1.82, 2.24) is 14.7 Å². The van der Waals surface area contributed by atoms with E-state index in [4.69, 9.17) is 0 Å². The lowest BCUT2D eigenvalue weighted by atomic mass is 9.80. The third kappa shape index (κ3) is 2.89. The number of aryl methyl sites for hydroxylation is 1. The Kier molecular flexibility index (Phi) is 4.85. The first-order valence-corrected chi connectivity index (χ1v) is 9.00. The van der Waals surface area contributed by atoms with E-state index >= 15 is 0 Å². The molecule has 1 aromatic carbocycles. The smallest absolute Gasteiger partial charge is 0.329 e. The molecule has 1 aliphatic carbocycles. The summed E-state index contributed by atoms with van der Waals surface area (Å²) in [6, 6.07) is 7.83. The van der Waals surface area contributed by atoms with Crippen molar-refractivity contribution in [2.24, 2.45) is 0 Å². The Morgan fingerprint density at radius 1 is 1.15 bits per heavy atom. The summed E-state index contributed by atoms with van der Waals surface area (Å²) in [4.78, 5) is 26.5. The quantitative estimate of drug-likeness (QED) is 0.912. The van der Waals surface area contributed by atoms with Crippen LogP contribution in [0.25, 0.3) is 5.69 Å². The molecule has 0 atom stereocenters. The van der Waals surface area contributed by atoms with Gasteiger partial charge in [-0.05, 0) is 38.3 Å². The Bertz CT molecular complexity index is 835. The van der Waals surface area contributed by atoms with Gasteiger partial charge in [0.25, 0.3) is 5.91 Å². The number of amides is 1. The second-order valence-electron chi connectivity index (χ2n) is 7.10. The lowest BCUT2D eigenvalue weighted by Crippen LogP contribution is -2.56. The molecule has 3 rings (SSSR count). The molecule has 1 aliphatic rings. The summed E-state index contributed by atoms with van der Waals surface area (Å²) >= 11 is 0. The van der Waals surface area contributed by atoms with Crippen LogP contribution < -0.4 is 0 Å². The van der Waals surface area contributed by atoms with Crippen molar-refractivity contribution >= 4 is 11.9 Å². The lowest BCUT2D eigenvalue weighted by Gasteiger charge is -2.40. The van der Waals surface area contributed by atoms with Crippen LogP contribution in [0.1, 0.15) is 53.7 Å². The molecule has 1 N–H and O–H groups in total. The maximum Gasteiger partial charge on any atom is 0.329 e. The van der Waals surface area contributed by atoms with E-state index in [1.807, 2.05) is 38.1 Å². The third-order valence-electron chi connectivity index (χ3n) is 5.61. The Hall–Kier alpha value is -2.63. The number of likely N-dealkylation sites (N-methyl/N-ethyl adjacent to an activating group) is 1. The Balaban J connectivity index is 1.96. The number of carbonyl (C=O) groups excluding carboxylic acids is 1. The number of aliphatic carboxylic acids is 1. The van der Waals surface area contributed by atoms with Crippen LogP contribution in [0.15, 0.2) is 30.5 Å². The normalized spacial score (nSPS) is 16.3.